The largest absolute Gasteiger partial charge is 0.396 e. The molecule has 0 spiro atoms. The number of nitrogens with zero attached hydrogens (tertiary/aromatic N) is 3. The lowest BCUT2D eigenvalue weighted by Gasteiger charge is -2.32. The quantitative estimate of drug-likeness (QED) is 0.770. The Morgan fingerprint density at radius 2 is 2.14 bits per heavy atom. The average Bonchev–Trinajstić information content (AvgIpc) is 2.78. The molecule has 1 aliphatic rings. The molecule has 0 aromatic carbocycles. The Bertz CT molecular complexity index is 520. The molecule has 2 amide bonds. The summed E-state index contributed by atoms with van der Waals surface area (Å²) in [7, 11) is 3.21. The third-order valence-corrected chi connectivity index (χ3v) is 3.48. The lowest BCUT2D eigenvalue weighted by Crippen LogP contribution is -2.47. The van der Waals surface area contributed by atoms with Gasteiger partial charge in [0.15, 0.2) is 5.69 Å². The van der Waals surface area contributed by atoms with E-state index in [9.17, 15) is 9.59 Å². The van der Waals surface area contributed by atoms with E-state index >= 15 is 0 Å². The van der Waals surface area contributed by atoms with Gasteiger partial charge >= 0.3 is 0 Å². The first-order valence-corrected chi connectivity index (χ1v) is 6.88. The molecule has 1 fully saturated rings. The first kappa shape index (κ1) is 15.3. The first-order valence-electron chi connectivity index (χ1n) is 6.88. The molecule has 2 heterocycles. The van der Waals surface area contributed by atoms with Crippen molar-refractivity contribution < 1.29 is 14.3 Å². The normalized spacial score (nSPS) is 16.0. The van der Waals surface area contributed by atoms with Crippen molar-refractivity contribution in [2.75, 3.05) is 32.5 Å². The molecule has 116 valence electrons. The number of carbonyl (C=O) groups is 2. The zero-order valence-electron chi connectivity index (χ0n) is 12.3. The second-order valence-corrected chi connectivity index (χ2v) is 5.17. The Morgan fingerprint density at radius 1 is 1.48 bits per heavy atom. The Hall–Kier alpha value is -2.09. The van der Waals surface area contributed by atoms with E-state index in [1.54, 1.807) is 18.1 Å². The van der Waals surface area contributed by atoms with E-state index in [0.717, 1.165) is 0 Å². The molecule has 0 unspecified atom stereocenters. The Labute approximate surface area is 123 Å². The first-order chi connectivity index (χ1) is 10.0. The summed E-state index contributed by atoms with van der Waals surface area (Å²) in [5, 5.41) is 6.98. The molecule has 1 aliphatic heterocycles. The van der Waals surface area contributed by atoms with Gasteiger partial charge < -0.3 is 20.7 Å². The minimum absolute atomic E-state index is 0.0591. The third kappa shape index (κ3) is 3.72. The van der Waals surface area contributed by atoms with Crippen molar-refractivity contribution >= 4 is 17.5 Å². The van der Waals surface area contributed by atoms with Gasteiger partial charge in [-0.2, -0.15) is 5.10 Å². The molecule has 8 nitrogen and oxygen atoms in total. The van der Waals surface area contributed by atoms with Crippen LogP contribution in [0.1, 0.15) is 23.3 Å². The number of amides is 2. The van der Waals surface area contributed by atoms with Crippen LogP contribution in [-0.4, -0.2) is 59.3 Å². The number of piperidine rings is 1. The molecule has 0 saturated carbocycles. The smallest absolute Gasteiger partial charge is 0.276 e. The highest BCUT2D eigenvalue weighted by atomic mass is 16.5. The molecule has 1 aromatic heterocycles. The van der Waals surface area contributed by atoms with Crippen LogP contribution in [0.4, 0.5) is 5.69 Å². The number of carbonyl (C=O) groups excluding carboxylic acids is 2. The van der Waals surface area contributed by atoms with E-state index in [2.05, 4.69) is 10.4 Å². The summed E-state index contributed by atoms with van der Waals surface area (Å²) >= 11 is 0. The van der Waals surface area contributed by atoms with Crippen LogP contribution in [-0.2, 0) is 16.6 Å². The number of hydrogen-bond acceptors (Lipinski definition) is 5. The van der Waals surface area contributed by atoms with Crippen molar-refractivity contribution in [3.05, 3.63) is 11.9 Å². The summed E-state index contributed by atoms with van der Waals surface area (Å²) in [6, 6.07) is 0.0813. The summed E-state index contributed by atoms with van der Waals surface area (Å²) in [5.41, 5.74) is 6.45. The Balaban J connectivity index is 1.87. The highest BCUT2D eigenvalue weighted by molar-refractivity contribution is 5.97. The van der Waals surface area contributed by atoms with Gasteiger partial charge in [0.2, 0.25) is 5.91 Å². The molecular weight excluding hydrogens is 274 g/mol. The molecule has 1 aromatic rings. The van der Waals surface area contributed by atoms with Gasteiger partial charge in [-0.25, -0.2) is 0 Å². The minimum Gasteiger partial charge on any atom is -0.396 e. The topological polar surface area (TPSA) is 102 Å². The number of nitrogens with one attached hydrogen (secondary N) is 1. The maximum atomic E-state index is 12.3. The van der Waals surface area contributed by atoms with E-state index in [4.69, 9.17) is 10.5 Å². The van der Waals surface area contributed by atoms with Gasteiger partial charge in [-0.3, -0.25) is 14.3 Å². The highest BCUT2D eigenvalue weighted by Gasteiger charge is 2.27. The number of anilines is 1. The number of nitrogen functional groups attached to an aromatic ring is 1. The maximum Gasteiger partial charge on any atom is 0.276 e. The maximum absolute atomic E-state index is 12.3. The summed E-state index contributed by atoms with van der Waals surface area (Å²) in [6.07, 6.45) is 3.05. The Morgan fingerprint density at radius 3 is 2.67 bits per heavy atom. The minimum atomic E-state index is -0.158. The fourth-order valence-corrected chi connectivity index (χ4v) is 2.45. The summed E-state index contributed by atoms with van der Waals surface area (Å²) < 4.78 is 6.30. The second-order valence-electron chi connectivity index (χ2n) is 5.17. The lowest BCUT2D eigenvalue weighted by molar-refractivity contribution is -0.125. The van der Waals surface area contributed by atoms with E-state index in [0.29, 0.717) is 37.3 Å². The predicted octanol–water partition coefficient (Wildman–Crippen LogP) is -0.630. The van der Waals surface area contributed by atoms with Gasteiger partial charge in [0, 0.05) is 39.5 Å². The highest BCUT2D eigenvalue weighted by Crippen LogP contribution is 2.16. The standard InChI is InChI=1S/C13H21N5O3/c1-17-7-10(14)12(16-17)13(20)18-5-3-9(4-6-18)15-11(19)8-21-2/h7,9H,3-6,8,14H2,1-2H3,(H,15,19). The van der Waals surface area contributed by atoms with Crippen molar-refractivity contribution in [3.63, 3.8) is 0 Å². The fraction of sp³-hybridized carbons (Fsp3) is 0.615. The number of methoxy groups -OCH3 is 1. The van der Waals surface area contributed by atoms with Crippen molar-refractivity contribution in [2.45, 2.75) is 18.9 Å². The number of hydrogen-bond donors (Lipinski definition) is 2. The van der Waals surface area contributed by atoms with E-state index < -0.39 is 0 Å². The Kier molecular flexibility index (Phi) is 4.79. The number of aromatic nitrogens is 2. The number of likely N-dealkylation sites (tertiary alicyclic amines) is 1. The third-order valence-electron chi connectivity index (χ3n) is 3.48. The van der Waals surface area contributed by atoms with Crippen molar-refractivity contribution in [1.29, 1.82) is 0 Å². The van der Waals surface area contributed by atoms with Crippen LogP contribution in [0.2, 0.25) is 0 Å². The van der Waals surface area contributed by atoms with Gasteiger partial charge in [0.1, 0.15) is 6.61 Å². The molecule has 0 radical (unpaired) electrons. The van der Waals surface area contributed by atoms with Crippen LogP contribution in [0.25, 0.3) is 0 Å². The number of nitrogens with two attached hydrogens (primary N) is 1. The number of aryl methyl sites for hydroxylation is 1. The summed E-state index contributed by atoms with van der Waals surface area (Å²) in [5.74, 6) is -0.286. The van der Waals surface area contributed by atoms with Crippen molar-refractivity contribution in [3.8, 4) is 0 Å². The lowest BCUT2D eigenvalue weighted by atomic mass is 10.0. The van der Waals surface area contributed by atoms with Crippen LogP contribution in [0.15, 0.2) is 6.20 Å². The molecule has 0 atom stereocenters. The van der Waals surface area contributed by atoms with Crippen molar-refractivity contribution in [1.82, 2.24) is 20.0 Å². The van der Waals surface area contributed by atoms with Crippen molar-refractivity contribution in [2.24, 2.45) is 7.05 Å². The molecule has 3 N–H and O–H groups in total. The molecule has 21 heavy (non-hydrogen) atoms. The van der Waals surface area contributed by atoms with Crippen LogP contribution in [0.3, 0.4) is 0 Å². The van der Waals surface area contributed by atoms with E-state index in [1.165, 1.54) is 11.8 Å². The van der Waals surface area contributed by atoms with Crippen LogP contribution in [0, 0.1) is 0 Å². The average molecular weight is 295 g/mol. The monoisotopic (exact) mass is 295 g/mol. The van der Waals surface area contributed by atoms with Gasteiger partial charge in [-0.15, -0.1) is 0 Å². The van der Waals surface area contributed by atoms with Gasteiger partial charge in [0.25, 0.3) is 5.91 Å². The summed E-state index contributed by atoms with van der Waals surface area (Å²) in [4.78, 5) is 25.5. The number of rotatable bonds is 4. The number of ether oxygens (including phenoxy) is 1. The van der Waals surface area contributed by atoms with Gasteiger partial charge in [0.05, 0.1) is 5.69 Å². The zero-order chi connectivity index (χ0) is 15.4. The fourth-order valence-electron chi connectivity index (χ4n) is 2.45. The molecule has 0 aliphatic carbocycles. The zero-order valence-corrected chi connectivity index (χ0v) is 12.3. The van der Waals surface area contributed by atoms with Crippen LogP contribution in [0.5, 0.6) is 0 Å². The molecule has 8 heteroatoms. The predicted molar refractivity (Wildman–Crippen MR) is 76.6 cm³/mol. The SMILES string of the molecule is COCC(=O)NC1CCN(C(=O)c2nn(C)cc2N)CC1. The van der Waals surface area contributed by atoms with E-state index in [1.807, 2.05) is 0 Å². The van der Waals surface area contributed by atoms with E-state index in [-0.39, 0.29) is 24.5 Å². The van der Waals surface area contributed by atoms with Crippen LogP contribution >= 0.6 is 0 Å². The molecule has 0 bridgehead atoms. The van der Waals surface area contributed by atoms with Gasteiger partial charge in [-0.05, 0) is 12.8 Å². The summed E-state index contributed by atoms with van der Waals surface area (Å²) in [6.45, 7) is 1.21. The van der Waals surface area contributed by atoms with Gasteiger partial charge in [-0.1, -0.05) is 0 Å². The molecule has 2 rings (SSSR count). The van der Waals surface area contributed by atoms with Crippen LogP contribution < -0.4 is 11.1 Å². The second kappa shape index (κ2) is 6.57. The molecule has 1 saturated heterocycles. The molecular formula is C13H21N5O3.